The van der Waals surface area contributed by atoms with Crippen LogP contribution in [0.25, 0.3) is 11.1 Å². The van der Waals surface area contributed by atoms with Crippen LogP contribution in [0.1, 0.15) is 35.7 Å². The number of phenolic OH excluding ortho intramolecular Hbond substituents is 1. The van der Waals surface area contributed by atoms with E-state index >= 15 is 0 Å². The molecule has 0 bridgehead atoms. The maximum absolute atomic E-state index is 13.7. The first-order valence-electron chi connectivity index (χ1n) is 11.8. The molecule has 0 radical (unpaired) electrons. The molecule has 9 nitrogen and oxygen atoms in total. The van der Waals surface area contributed by atoms with Crippen LogP contribution in [-0.2, 0) is 16.0 Å². The van der Waals surface area contributed by atoms with E-state index in [1.807, 2.05) is 0 Å². The van der Waals surface area contributed by atoms with Crippen LogP contribution >= 0.6 is 0 Å². The van der Waals surface area contributed by atoms with Gasteiger partial charge in [-0.05, 0) is 55.0 Å². The molecule has 2 aromatic rings. The fourth-order valence-corrected chi connectivity index (χ4v) is 6.00. The van der Waals surface area contributed by atoms with Crippen LogP contribution in [0, 0.1) is 11.8 Å². The number of aliphatic hydroxyl groups excluding tert-OH is 2. The summed E-state index contributed by atoms with van der Waals surface area (Å²) in [5, 5.41) is 43.7. The molecule has 0 fully saturated rings. The number of hydrogen-bond acceptors (Lipinski definition) is 9. The molecule has 0 spiro atoms. The lowest BCUT2D eigenvalue weighted by atomic mass is 9.60. The fourth-order valence-electron chi connectivity index (χ4n) is 6.00. The number of aliphatic hydroxyl groups is 3. The van der Waals surface area contributed by atoms with E-state index in [2.05, 4.69) is 0 Å². The summed E-state index contributed by atoms with van der Waals surface area (Å²) in [6.07, 6.45) is 0.104. The number of fused-ring (bicyclic) bond motifs is 3. The van der Waals surface area contributed by atoms with Crippen molar-refractivity contribution >= 4 is 17.3 Å². The van der Waals surface area contributed by atoms with Crippen molar-refractivity contribution in [3.05, 3.63) is 64.1 Å². The third-order valence-electron chi connectivity index (χ3n) is 7.75. The topological polar surface area (TPSA) is 151 Å². The molecule has 0 saturated heterocycles. The monoisotopic (exact) mass is 506 g/mol. The summed E-state index contributed by atoms with van der Waals surface area (Å²) in [6, 6.07) is 8.27. The molecule has 192 valence electrons. The standard InChI is InChI=1S/C28H26O9/c1-12(29)22-20(31)10-14-8-13-9-18-16(17-5-4-15(36-2)11-21(17)37-3)6-7-19(30)24(18)25(32)23(13)27(34)28(14,35)26(22)33/h4-7,11,13-14,30-31,34-35H,8-10H2,1-3H3/t13-,14+,28-/m1/s1. The van der Waals surface area contributed by atoms with Gasteiger partial charge in [-0.25, -0.2) is 0 Å². The van der Waals surface area contributed by atoms with E-state index in [-0.39, 0.29) is 36.1 Å². The normalized spacial score (nSPS) is 24.9. The second-order valence-electron chi connectivity index (χ2n) is 9.65. The van der Waals surface area contributed by atoms with Gasteiger partial charge in [0.05, 0.1) is 19.8 Å². The highest BCUT2D eigenvalue weighted by atomic mass is 16.5. The first kappa shape index (κ1) is 24.6. The molecule has 0 saturated carbocycles. The van der Waals surface area contributed by atoms with Crippen LogP contribution < -0.4 is 9.47 Å². The molecule has 2 aromatic carbocycles. The molecule has 0 amide bonds. The summed E-state index contributed by atoms with van der Waals surface area (Å²) in [5.41, 5.74) is -1.46. The minimum Gasteiger partial charge on any atom is -0.511 e. The predicted molar refractivity (Wildman–Crippen MR) is 131 cm³/mol. The van der Waals surface area contributed by atoms with Crippen LogP contribution in [0.2, 0.25) is 0 Å². The minimum absolute atomic E-state index is 0.0383. The molecule has 3 aliphatic rings. The zero-order valence-corrected chi connectivity index (χ0v) is 20.5. The zero-order chi connectivity index (χ0) is 26.8. The Morgan fingerprint density at radius 1 is 1.00 bits per heavy atom. The maximum Gasteiger partial charge on any atom is 0.209 e. The number of benzene rings is 2. The van der Waals surface area contributed by atoms with Gasteiger partial charge in [-0.1, -0.05) is 6.07 Å². The number of methoxy groups -OCH3 is 2. The molecule has 0 aromatic heterocycles. The van der Waals surface area contributed by atoms with Crippen LogP contribution in [-0.4, -0.2) is 57.6 Å². The Bertz CT molecular complexity index is 1450. The van der Waals surface area contributed by atoms with E-state index in [0.29, 0.717) is 28.2 Å². The molecule has 37 heavy (non-hydrogen) atoms. The smallest absolute Gasteiger partial charge is 0.209 e. The van der Waals surface area contributed by atoms with Crippen molar-refractivity contribution < 1.29 is 44.3 Å². The highest BCUT2D eigenvalue weighted by Crippen LogP contribution is 2.52. The third-order valence-corrected chi connectivity index (χ3v) is 7.75. The second-order valence-corrected chi connectivity index (χ2v) is 9.65. The van der Waals surface area contributed by atoms with E-state index < -0.39 is 51.9 Å². The van der Waals surface area contributed by atoms with Gasteiger partial charge in [0.25, 0.3) is 0 Å². The number of rotatable bonds is 4. The lowest BCUT2D eigenvalue weighted by Gasteiger charge is -2.45. The summed E-state index contributed by atoms with van der Waals surface area (Å²) in [6.45, 7) is 1.08. The lowest BCUT2D eigenvalue weighted by molar-refractivity contribution is -0.144. The largest absolute Gasteiger partial charge is 0.511 e. The highest BCUT2D eigenvalue weighted by molar-refractivity contribution is 6.25. The number of phenols is 1. The first-order chi connectivity index (χ1) is 17.5. The van der Waals surface area contributed by atoms with E-state index in [1.54, 1.807) is 24.3 Å². The summed E-state index contributed by atoms with van der Waals surface area (Å²) in [4.78, 5) is 38.9. The van der Waals surface area contributed by atoms with Gasteiger partial charge in [-0.2, -0.15) is 0 Å². The molecule has 0 heterocycles. The summed E-state index contributed by atoms with van der Waals surface area (Å²) in [5.74, 6) is -4.63. The first-order valence-corrected chi connectivity index (χ1v) is 11.8. The van der Waals surface area contributed by atoms with Crippen molar-refractivity contribution in [2.24, 2.45) is 11.8 Å². The Morgan fingerprint density at radius 2 is 1.70 bits per heavy atom. The van der Waals surface area contributed by atoms with Gasteiger partial charge in [-0.15, -0.1) is 0 Å². The zero-order valence-electron chi connectivity index (χ0n) is 20.5. The number of Topliss-reactive ketones (excluding diaryl/α,β-unsaturated/α-hetero) is 3. The average molecular weight is 507 g/mol. The Morgan fingerprint density at radius 3 is 2.35 bits per heavy atom. The van der Waals surface area contributed by atoms with Gasteiger partial charge < -0.3 is 29.9 Å². The molecule has 4 N–H and O–H groups in total. The van der Waals surface area contributed by atoms with E-state index in [9.17, 15) is 34.8 Å². The number of allylic oxidation sites excluding steroid dienone is 2. The SMILES string of the molecule is COc1ccc(-c2ccc(O)c3c2C[C@H]2C[C@H]4CC(O)=C(C(C)=O)C(=O)[C@@]4(O)C(O)=C2C3=O)c(OC)c1. The summed E-state index contributed by atoms with van der Waals surface area (Å²) in [7, 11) is 3.04. The van der Waals surface area contributed by atoms with Crippen LogP contribution in [0.4, 0.5) is 0 Å². The van der Waals surface area contributed by atoms with Crippen molar-refractivity contribution in [1.29, 1.82) is 0 Å². The molecule has 5 rings (SSSR count). The molecule has 0 aliphatic heterocycles. The summed E-state index contributed by atoms with van der Waals surface area (Å²) >= 11 is 0. The maximum atomic E-state index is 13.7. The highest BCUT2D eigenvalue weighted by Gasteiger charge is 2.59. The van der Waals surface area contributed by atoms with E-state index in [1.165, 1.54) is 20.3 Å². The van der Waals surface area contributed by atoms with Crippen molar-refractivity contribution in [2.45, 2.75) is 31.8 Å². The van der Waals surface area contributed by atoms with Crippen LogP contribution in [0.15, 0.2) is 53.0 Å². The Balaban J connectivity index is 1.68. The number of ether oxygens (including phenoxy) is 2. The number of hydrogen-bond donors (Lipinski definition) is 4. The Hall–Kier alpha value is -4.11. The van der Waals surface area contributed by atoms with E-state index in [4.69, 9.17) is 9.47 Å². The molecule has 3 aliphatic carbocycles. The van der Waals surface area contributed by atoms with Crippen molar-refractivity contribution in [3.8, 4) is 28.4 Å². The Kier molecular flexibility index (Phi) is 5.64. The second kappa shape index (κ2) is 8.48. The molecule has 0 unspecified atom stereocenters. The average Bonchev–Trinajstić information content (AvgIpc) is 2.85. The van der Waals surface area contributed by atoms with Crippen molar-refractivity contribution in [3.63, 3.8) is 0 Å². The molecular formula is C28H26O9. The number of aromatic hydroxyl groups is 1. The number of carbonyl (C=O) groups is 3. The predicted octanol–water partition coefficient (Wildman–Crippen LogP) is 3.37. The van der Waals surface area contributed by atoms with Gasteiger partial charge >= 0.3 is 0 Å². The van der Waals surface area contributed by atoms with E-state index in [0.717, 1.165) is 6.92 Å². The van der Waals surface area contributed by atoms with Crippen LogP contribution in [0.3, 0.4) is 0 Å². The number of carbonyl (C=O) groups excluding carboxylic acids is 3. The van der Waals surface area contributed by atoms with Gasteiger partial charge in [0.1, 0.15) is 34.3 Å². The van der Waals surface area contributed by atoms with Gasteiger partial charge in [0, 0.05) is 29.5 Å². The fraction of sp³-hybridized carbons (Fsp3) is 0.321. The number of ketones is 3. The minimum atomic E-state index is -2.52. The lowest BCUT2D eigenvalue weighted by Crippen LogP contribution is -2.56. The van der Waals surface area contributed by atoms with Gasteiger partial charge in [-0.3, -0.25) is 14.4 Å². The molecule has 3 atom stereocenters. The summed E-state index contributed by atoms with van der Waals surface area (Å²) < 4.78 is 10.8. The van der Waals surface area contributed by atoms with Gasteiger partial charge in [0.15, 0.2) is 17.2 Å². The molecular weight excluding hydrogens is 480 g/mol. The van der Waals surface area contributed by atoms with Gasteiger partial charge in [0.2, 0.25) is 5.78 Å². The van der Waals surface area contributed by atoms with Crippen molar-refractivity contribution in [1.82, 2.24) is 0 Å². The van der Waals surface area contributed by atoms with Crippen LogP contribution in [0.5, 0.6) is 17.2 Å². The quantitative estimate of drug-likeness (QED) is 0.458. The Labute approximate surface area is 212 Å². The van der Waals surface area contributed by atoms with Crippen molar-refractivity contribution in [2.75, 3.05) is 14.2 Å². The molecule has 9 heteroatoms. The third kappa shape index (κ3) is 3.37.